The van der Waals surface area contributed by atoms with Gasteiger partial charge in [0.25, 0.3) is 0 Å². The molecule has 35 heavy (non-hydrogen) atoms. The molecule has 2 saturated carbocycles. The molecule has 0 spiro atoms. The fourth-order valence-electron chi connectivity index (χ4n) is 5.78. The van der Waals surface area contributed by atoms with Crippen LogP contribution in [0.4, 0.5) is 10.5 Å². The standard InChI is InChI=1S/C23H29NO.C7H15NO2/c1-16-11-17-13-18(12-16)15-23(2,14-17)19-3-7-21(8-4-19)25-22-9-5-20(24)6-10-22;1-7(2,3)10-6(9)8(4)5/h3-10,16-18H,11-15,24H2,1-2H3;1-5H3. The number of carbonyl (C=O) groups excluding carboxylic acids is 1. The molecule has 2 aliphatic rings. The maximum absolute atomic E-state index is 10.9. The molecular weight excluding hydrogens is 436 g/mol. The molecule has 0 heterocycles. The van der Waals surface area contributed by atoms with Crippen molar-refractivity contribution in [1.29, 1.82) is 0 Å². The molecule has 5 heteroatoms. The third-order valence-corrected chi connectivity index (χ3v) is 7.04. The van der Waals surface area contributed by atoms with Crippen molar-refractivity contribution in [1.82, 2.24) is 4.90 Å². The van der Waals surface area contributed by atoms with E-state index in [0.29, 0.717) is 5.41 Å². The molecule has 1 amide bonds. The van der Waals surface area contributed by atoms with Crippen LogP contribution in [0.5, 0.6) is 11.5 Å². The van der Waals surface area contributed by atoms with Crippen molar-refractivity contribution >= 4 is 11.8 Å². The monoisotopic (exact) mass is 480 g/mol. The van der Waals surface area contributed by atoms with E-state index in [9.17, 15) is 4.79 Å². The third-order valence-electron chi connectivity index (χ3n) is 7.04. The number of nitrogen functional groups attached to an aromatic ring is 1. The molecule has 2 unspecified atom stereocenters. The number of hydrogen-bond acceptors (Lipinski definition) is 4. The smallest absolute Gasteiger partial charge is 0.409 e. The predicted octanol–water partition coefficient (Wildman–Crippen LogP) is 7.65. The second-order valence-corrected chi connectivity index (χ2v) is 12.1. The normalized spacial score (nSPS) is 25.6. The number of carbonyl (C=O) groups is 1. The van der Waals surface area contributed by atoms with Gasteiger partial charge in [-0.3, -0.25) is 0 Å². The lowest BCUT2D eigenvalue weighted by Crippen LogP contribution is -2.38. The van der Waals surface area contributed by atoms with Crippen molar-refractivity contribution in [2.75, 3.05) is 19.8 Å². The van der Waals surface area contributed by atoms with Crippen LogP contribution in [0, 0.1) is 17.8 Å². The number of anilines is 1. The molecular formula is C30H44N2O3. The Hall–Kier alpha value is -2.69. The lowest BCUT2D eigenvalue weighted by atomic mass is 9.58. The number of nitrogens with zero attached hydrogens (tertiary/aromatic N) is 1. The molecule has 0 radical (unpaired) electrons. The highest BCUT2D eigenvalue weighted by Crippen LogP contribution is 2.51. The predicted molar refractivity (Wildman–Crippen MR) is 144 cm³/mol. The molecule has 0 aromatic heterocycles. The Balaban J connectivity index is 0.000000292. The molecule has 2 aromatic carbocycles. The van der Waals surface area contributed by atoms with Crippen molar-refractivity contribution in [3.05, 3.63) is 54.1 Å². The Morgan fingerprint density at radius 2 is 1.40 bits per heavy atom. The molecule has 2 aromatic rings. The first-order valence-electron chi connectivity index (χ1n) is 12.9. The minimum atomic E-state index is -0.388. The van der Waals surface area contributed by atoms with Gasteiger partial charge in [0.15, 0.2) is 0 Å². The van der Waals surface area contributed by atoms with Crippen LogP contribution >= 0.6 is 0 Å². The van der Waals surface area contributed by atoms with Crippen LogP contribution in [-0.4, -0.2) is 30.7 Å². The average molecular weight is 481 g/mol. The second kappa shape index (κ2) is 10.9. The molecule has 2 fully saturated rings. The average Bonchev–Trinajstić information content (AvgIpc) is 2.74. The number of rotatable bonds is 3. The lowest BCUT2D eigenvalue weighted by molar-refractivity contribution is 0.0341. The molecule has 0 aliphatic heterocycles. The molecule has 2 N–H and O–H groups in total. The van der Waals surface area contributed by atoms with E-state index in [-0.39, 0.29) is 11.7 Å². The second-order valence-electron chi connectivity index (χ2n) is 12.1. The third kappa shape index (κ3) is 7.91. The van der Waals surface area contributed by atoms with Crippen LogP contribution in [0.3, 0.4) is 0 Å². The summed E-state index contributed by atoms with van der Waals surface area (Å²) in [6.45, 7) is 10.4. The quantitative estimate of drug-likeness (QED) is 0.458. The van der Waals surface area contributed by atoms with Crippen LogP contribution in [-0.2, 0) is 10.2 Å². The van der Waals surface area contributed by atoms with Crippen molar-refractivity contribution < 1.29 is 14.3 Å². The number of hydrogen-bond donors (Lipinski definition) is 1. The van der Waals surface area contributed by atoms with E-state index < -0.39 is 0 Å². The van der Waals surface area contributed by atoms with Gasteiger partial charge in [0.2, 0.25) is 0 Å². The molecule has 5 nitrogen and oxygen atoms in total. The molecule has 2 aliphatic carbocycles. The summed E-state index contributed by atoms with van der Waals surface area (Å²) in [7, 11) is 3.32. The zero-order chi connectivity index (χ0) is 25.8. The SMILES string of the molecule is CC1CC2CC(C1)CC(C)(c1ccc(Oc3ccc(N)cc3)cc1)C2.CN(C)C(=O)OC(C)(C)C. The Labute approximate surface area is 212 Å². The number of nitrogens with two attached hydrogens (primary N) is 1. The molecule has 192 valence electrons. The highest BCUT2D eigenvalue weighted by Gasteiger charge is 2.41. The maximum Gasteiger partial charge on any atom is 0.409 e. The van der Waals surface area contributed by atoms with Gasteiger partial charge < -0.3 is 20.1 Å². The van der Waals surface area contributed by atoms with E-state index in [0.717, 1.165) is 34.9 Å². The lowest BCUT2D eigenvalue weighted by Gasteiger charge is -2.47. The minimum Gasteiger partial charge on any atom is -0.457 e. The van der Waals surface area contributed by atoms with E-state index in [2.05, 4.69) is 38.1 Å². The van der Waals surface area contributed by atoms with Gasteiger partial charge in [0, 0.05) is 19.8 Å². The van der Waals surface area contributed by atoms with Crippen molar-refractivity contribution in [3.8, 4) is 11.5 Å². The van der Waals surface area contributed by atoms with Gasteiger partial charge in [-0.1, -0.05) is 26.0 Å². The Morgan fingerprint density at radius 3 is 1.83 bits per heavy atom. The first kappa shape index (κ1) is 26.9. The van der Waals surface area contributed by atoms with Gasteiger partial charge >= 0.3 is 6.09 Å². The summed E-state index contributed by atoms with van der Waals surface area (Å²) in [5.74, 6) is 4.47. The molecule has 0 saturated heterocycles. The summed E-state index contributed by atoms with van der Waals surface area (Å²) in [6, 6.07) is 16.3. The van der Waals surface area contributed by atoms with Gasteiger partial charge in [0.1, 0.15) is 17.1 Å². The fourth-order valence-corrected chi connectivity index (χ4v) is 5.78. The number of amides is 1. The minimum absolute atomic E-state index is 0.299. The summed E-state index contributed by atoms with van der Waals surface area (Å²) in [6.07, 6.45) is 6.68. The Morgan fingerprint density at radius 1 is 0.914 bits per heavy atom. The summed E-state index contributed by atoms with van der Waals surface area (Å²) in [5, 5.41) is 0. The van der Waals surface area contributed by atoms with E-state index in [1.54, 1.807) is 14.1 Å². The zero-order valence-electron chi connectivity index (χ0n) is 22.6. The Bertz CT molecular complexity index is 943. The van der Waals surface area contributed by atoms with Crippen LogP contribution < -0.4 is 10.5 Å². The van der Waals surface area contributed by atoms with Crippen molar-refractivity contribution in [2.24, 2.45) is 17.8 Å². The highest BCUT2D eigenvalue weighted by molar-refractivity contribution is 5.67. The van der Waals surface area contributed by atoms with E-state index >= 15 is 0 Å². The van der Waals surface area contributed by atoms with E-state index in [1.807, 2.05) is 45.0 Å². The van der Waals surface area contributed by atoms with Gasteiger partial charge in [-0.25, -0.2) is 4.79 Å². The Kier molecular flexibility index (Phi) is 8.40. The topological polar surface area (TPSA) is 64.8 Å². The summed E-state index contributed by atoms with van der Waals surface area (Å²) >= 11 is 0. The number of ether oxygens (including phenoxy) is 2. The first-order chi connectivity index (χ1) is 16.3. The van der Waals surface area contributed by atoms with Crippen molar-refractivity contribution in [3.63, 3.8) is 0 Å². The van der Waals surface area contributed by atoms with Crippen molar-refractivity contribution in [2.45, 2.75) is 77.7 Å². The molecule has 4 rings (SSSR count). The van der Waals surface area contributed by atoms with Gasteiger partial charge in [-0.15, -0.1) is 0 Å². The first-order valence-corrected chi connectivity index (χ1v) is 12.9. The van der Waals surface area contributed by atoms with E-state index in [1.165, 1.54) is 42.6 Å². The highest BCUT2D eigenvalue weighted by atomic mass is 16.6. The summed E-state index contributed by atoms with van der Waals surface area (Å²) in [4.78, 5) is 12.3. The molecule has 2 bridgehead atoms. The van der Waals surface area contributed by atoms with Crippen LogP contribution in [0.1, 0.15) is 72.3 Å². The van der Waals surface area contributed by atoms with Gasteiger partial charge in [-0.05, 0) is 118 Å². The number of fused-ring (bicyclic) bond motifs is 2. The zero-order valence-corrected chi connectivity index (χ0v) is 22.6. The molecule has 2 atom stereocenters. The fraction of sp³-hybridized carbons (Fsp3) is 0.567. The number of benzene rings is 2. The van der Waals surface area contributed by atoms with Crippen LogP contribution in [0.15, 0.2) is 48.5 Å². The summed E-state index contributed by atoms with van der Waals surface area (Å²) < 4.78 is 10.9. The maximum atomic E-state index is 10.9. The van der Waals surface area contributed by atoms with E-state index in [4.69, 9.17) is 15.2 Å². The van der Waals surface area contributed by atoms with Gasteiger partial charge in [-0.2, -0.15) is 0 Å². The van der Waals surface area contributed by atoms with Gasteiger partial charge in [0.05, 0.1) is 0 Å². The summed E-state index contributed by atoms with van der Waals surface area (Å²) in [5.41, 5.74) is 7.90. The van der Waals surface area contributed by atoms with Crippen LogP contribution in [0.25, 0.3) is 0 Å². The van der Waals surface area contributed by atoms with Crippen LogP contribution in [0.2, 0.25) is 0 Å². The largest absolute Gasteiger partial charge is 0.457 e.